The Morgan fingerprint density at radius 3 is 3.12 bits per heavy atom. The molecule has 0 spiro atoms. The minimum absolute atomic E-state index is 0.593. The van der Waals surface area contributed by atoms with Crippen LogP contribution in [0.5, 0.6) is 0 Å². The summed E-state index contributed by atoms with van der Waals surface area (Å²) in [6.45, 7) is 4.53. The molecule has 2 unspecified atom stereocenters. The maximum Gasteiger partial charge on any atom is 0.0982 e. The predicted octanol–water partition coefficient (Wildman–Crippen LogP) is 3.77. The van der Waals surface area contributed by atoms with Crippen LogP contribution in [0.3, 0.4) is 0 Å². The van der Waals surface area contributed by atoms with Gasteiger partial charge in [-0.2, -0.15) is 0 Å². The Hall–Kier alpha value is -0.450. The fourth-order valence-electron chi connectivity index (χ4n) is 2.44. The number of halogens is 1. The van der Waals surface area contributed by atoms with E-state index in [0.29, 0.717) is 5.92 Å². The van der Waals surface area contributed by atoms with E-state index in [1.165, 1.54) is 16.1 Å². The Labute approximate surface area is 114 Å². The van der Waals surface area contributed by atoms with E-state index in [1.807, 2.05) is 11.3 Å². The molecule has 0 radical (unpaired) electrons. The number of aromatic nitrogens is 1. The van der Waals surface area contributed by atoms with Crippen LogP contribution in [-0.2, 0) is 0 Å². The second-order valence-electron chi connectivity index (χ2n) is 4.86. The first-order valence-electron chi connectivity index (χ1n) is 5.99. The van der Waals surface area contributed by atoms with Crippen molar-refractivity contribution in [3.63, 3.8) is 0 Å². The van der Waals surface area contributed by atoms with Crippen LogP contribution in [0.15, 0.2) is 22.7 Å². The third kappa shape index (κ3) is 2.39. The molecule has 1 aromatic carbocycles. The fraction of sp³-hybridized carbons (Fsp3) is 0.462. The summed E-state index contributed by atoms with van der Waals surface area (Å²) in [5, 5.41) is 4.79. The Morgan fingerprint density at radius 1 is 1.41 bits per heavy atom. The quantitative estimate of drug-likeness (QED) is 0.867. The van der Waals surface area contributed by atoms with Crippen LogP contribution in [-0.4, -0.2) is 18.1 Å². The molecule has 90 valence electrons. The van der Waals surface area contributed by atoms with E-state index in [9.17, 15) is 0 Å². The molecule has 4 heteroatoms. The maximum atomic E-state index is 4.78. The molecule has 1 saturated heterocycles. The molecule has 0 saturated carbocycles. The SMILES string of the molecule is CC1CNCC(c2nc3cc(Br)ccc3s2)C1. The molecule has 1 aliphatic rings. The lowest BCUT2D eigenvalue weighted by atomic mass is 9.92. The van der Waals surface area contributed by atoms with Gasteiger partial charge in [0.05, 0.1) is 15.2 Å². The average molecular weight is 311 g/mol. The number of nitrogens with zero attached hydrogens (tertiary/aromatic N) is 1. The topological polar surface area (TPSA) is 24.9 Å². The van der Waals surface area contributed by atoms with Crippen molar-refractivity contribution in [2.45, 2.75) is 19.3 Å². The van der Waals surface area contributed by atoms with Crippen molar-refractivity contribution in [1.29, 1.82) is 0 Å². The lowest BCUT2D eigenvalue weighted by molar-refractivity contribution is 0.363. The summed E-state index contributed by atoms with van der Waals surface area (Å²) >= 11 is 5.34. The summed E-state index contributed by atoms with van der Waals surface area (Å²) in [6, 6.07) is 6.35. The molecule has 2 nitrogen and oxygen atoms in total. The fourth-order valence-corrected chi connectivity index (χ4v) is 3.85. The summed E-state index contributed by atoms with van der Waals surface area (Å²) < 4.78 is 2.40. The number of piperidine rings is 1. The van der Waals surface area contributed by atoms with Crippen LogP contribution in [0.1, 0.15) is 24.3 Å². The largest absolute Gasteiger partial charge is 0.316 e. The molecule has 0 amide bonds. The molecule has 2 atom stereocenters. The average Bonchev–Trinajstić information content (AvgIpc) is 2.72. The van der Waals surface area contributed by atoms with Gasteiger partial charge in [0.15, 0.2) is 0 Å². The van der Waals surface area contributed by atoms with E-state index in [2.05, 4.69) is 46.4 Å². The standard InChI is InChI=1S/C13H15BrN2S/c1-8-4-9(7-15-6-8)13-16-11-5-10(14)2-3-12(11)17-13/h2-3,5,8-9,15H,4,6-7H2,1H3. The third-order valence-electron chi connectivity index (χ3n) is 3.29. The highest BCUT2D eigenvalue weighted by molar-refractivity contribution is 9.10. The number of rotatable bonds is 1. The Bertz CT molecular complexity index is 537. The second kappa shape index (κ2) is 4.67. The highest BCUT2D eigenvalue weighted by Crippen LogP contribution is 2.33. The summed E-state index contributed by atoms with van der Waals surface area (Å²) in [6.07, 6.45) is 1.26. The van der Waals surface area contributed by atoms with Crippen LogP contribution in [0.2, 0.25) is 0 Å². The minimum atomic E-state index is 0.593. The van der Waals surface area contributed by atoms with E-state index in [-0.39, 0.29) is 0 Å². The molecule has 0 bridgehead atoms. The summed E-state index contributed by atoms with van der Waals surface area (Å²) in [4.78, 5) is 4.78. The van der Waals surface area contributed by atoms with E-state index in [4.69, 9.17) is 4.98 Å². The van der Waals surface area contributed by atoms with Gasteiger partial charge in [-0.1, -0.05) is 22.9 Å². The summed E-state index contributed by atoms with van der Waals surface area (Å²) in [5.41, 5.74) is 1.12. The van der Waals surface area contributed by atoms with Crippen molar-refractivity contribution >= 4 is 37.5 Å². The maximum absolute atomic E-state index is 4.78. The number of benzene rings is 1. The zero-order chi connectivity index (χ0) is 11.8. The van der Waals surface area contributed by atoms with Gasteiger partial charge in [-0.3, -0.25) is 0 Å². The van der Waals surface area contributed by atoms with Gasteiger partial charge in [-0.05, 0) is 37.1 Å². The smallest absolute Gasteiger partial charge is 0.0982 e. The van der Waals surface area contributed by atoms with Crippen molar-refractivity contribution in [3.8, 4) is 0 Å². The Balaban J connectivity index is 1.94. The van der Waals surface area contributed by atoms with Gasteiger partial charge in [-0.25, -0.2) is 4.98 Å². The molecule has 1 aromatic heterocycles. The first-order valence-corrected chi connectivity index (χ1v) is 7.60. The van der Waals surface area contributed by atoms with Crippen LogP contribution < -0.4 is 5.32 Å². The van der Waals surface area contributed by atoms with Crippen molar-refractivity contribution in [2.75, 3.05) is 13.1 Å². The number of thiazole rings is 1. The number of nitrogens with one attached hydrogen (secondary N) is 1. The normalized spacial score (nSPS) is 25.3. The van der Waals surface area contributed by atoms with Crippen molar-refractivity contribution < 1.29 is 0 Å². The van der Waals surface area contributed by atoms with E-state index in [1.54, 1.807) is 0 Å². The van der Waals surface area contributed by atoms with Crippen molar-refractivity contribution in [2.24, 2.45) is 5.92 Å². The molecule has 2 heterocycles. The molecule has 1 aliphatic heterocycles. The Kier molecular flexibility index (Phi) is 3.19. The van der Waals surface area contributed by atoms with Gasteiger partial charge in [0, 0.05) is 16.9 Å². The minimum Gasteiger partial charge on any atom is -0.316 e. The van der Waals surface area contributed by atoms with Gasteiger partial charge in [0.25, 0.3) is 0 Å². The number of fused-ring (bicyclic) bond motifs is 1. The third-order valence-corrected chi connectivity index (χ3v) is 4.98. The van der Waals surface area contributed by atoms with Gasteiger partial charge in [-0.15, -0.1) is 11.3 Å². The van der Waals surface area contributed by atoms with Crippen molar-refractivity contribution in [1.82, 2.24) is 10.3 Å². The first kappa shape index (κ1) is 11.6. The van der Waals surface area contributed by atoms with Crippen LogP contribution in [0.4, 0.5) is 0 Å². The second-order valence-corrected chi connectivity index (χ2v) is 6.84. The molecular weight excluding hydrogens is 296 g/mol. The molecule has 1 N–H and O–H groups in total. The lowest BCUT2D eigenvalue weighted by Gasteiger charge is -2.26. The first-order chi connectivity index (χ1) is 8.22. The van der Waals surface area contributed by atoms with Gasteiger partial charge in [0.2, 0.25) is 0 Å². The van der Waals surface area contributed by atoms with Gasteiger partial charge >= 0.3 is 0 Å². The van der Waals surface area contributed by atoms with E-state index < -0.39 is 0 Å². The highest BCUT2D eigenvalue weighted by atomic mass is 79.9. The van der Waals surface area contributed by atoms with Gasteiger partial charge < -0.3 is 5.32 Å². The molecule has 0 aliphatic carbocycles. The molecular formula is C13H15BrN2S. The monoisotopic (exact) mass is 310 g/mol. The predicted molar refractivity (Wildman–Crippen MR) is 76.7 cm³/mol. The Morgan fingerprint density at radius 2 is 2.29 bits per heavy atom. The highest BCUT2D eigenvalue weighted by Gasteiger charge is 2.22. The van der Waals surface area contributed by atoms with Crippen LogP contribution >= 0.6 is 27.3 Å². The molecule has 3 rings (SSSR count). The van der Waals surface area contributed by atoms with E-state index >= 15 is 0 Å². The molecule has 2 aromatic rings. The summed E-state index contributed by atoms with van der Waals surface area (Å²) in [7, 11) is 0. The number of hydrogen-bond acceptors (Lipinski definition) is 3. The summed E-state index contributed by atoms with van der Waals surface area (Å²) in [5.74, 6) is 1.35. The molecule has 1 fully saturated rings. The zero-order valence-corrected chi connectivity index (χ0v) is 12.1. The lowest BCUT2D eigenvalue weighted by Crippen LogP contribution is -2.33. The zero-order valence-electron chi connectivity index (χ0n) is 9.74. The van der Waals surface area contributed by atoms with Crippen LogP contribution in [0.25, 0.3) is 10.2 Å². The number of hydrogen-bond donors (Lipinski definition) is 1. The van der Waals surface area contributed by atoms with Crippen LogP contribution in [0, 0.1) is 5.92 Å². The van der Waals surface area contributed by atoms with Gasteiger partial charge in [0.1, 0.15) is 0 Å². The van der Waals surface area contributed by atoms with Crippen molar-refractivity contribution in [3.05, 3.63) is 27.7 Å². The van der Waals surface area contributed by atoms with E-state index in [0.717, 1.165) is 29.0 Å². The molecule has 17 heavy (non-hydrogen) atoms.